The van der Waals surface area contributed by atoms with E-state index in [0.717, 1.165) is 37.1 Å². The fraction of sp³-hybridized carbons (Fsp3) is 0.588. The maximum atomic E-state index is 12.1. The Morgan fingerprint density at radius 1 is 1.24 bits per heavy atom. The molecule has 0 radical (unpaired) electrons. The van der Waals surface area contributed by atoms with Gasteiger partial charge in [0.25, 0.3) is 0 Å². The first-order valence-corrected chi connectivity index (χ1v) is 7.73. The summed E-state index contributed by atoms with van der Waals surface area (Å²) >= 11 is 0. The van der Waals surface area contributed by atoms with Crippen LogP contribution in [0.2, 0.25) is 0 Å². The minimum Gasteiger partial charge on any atom is -0.459 e. The van der Waals surface area contributed by atoms with Crippen LogP contribution in [0, 0.1) is 5.92 Å². The van der Waals surface area contributed by atoms with Crippen molar-refractivity contribution in [1.29, 1.82) is 0 Å². The molecule has 1 fully saturated rings. The number of aliphatic hydroxyl groups is 1. The monoisotopic (exact) mass is 292 g/mol. The molecule has 0 saturated carbocycles. The van der Waals surface area contributed by atoms with E-state index in [-0.39, 0.29) is 19.0 Å². The summed E-state index contributed by atoms with van der Waals surface area (Å²) in [5.41, 5.74) is 1.38. The normalized spacial score (nSPS) is 16.7. The van der Waals surface area contributed by atoms with Gasteiger partial charge in [0.2, 0.25) is 0 Å². The predicted molar refractivity (Wildman–Crippen MR) is 80.6 cm³/mol. The number of carbonyl (C=O) groups is 1. The Balaban J connectivity index is 1.90. The van der Waals surface area contributed by atoms with Crippen molar-refractivity contribution in [2.45, 2.75) is 45.3 Å². The summed E-state index contributed by atoms with van der Waals surface area (Å²) in [6, 6.07) is 7.42. The van der Waals surface area contributed by atoms with Gasteiger partial charge in [-0.3, -0.25) is 4.79 Å². The summed E-state index contributed by atoms with van der Waals surface area (Å²) in [6.07, 6.45) is 2.49. The highest BCUT2D eigenvalue weighted by Gasteiger charge is 2.35. The SMILES string of the molecule is CC(C)(OC(=O)Cc1ccc(CO)cc1)C1CC[NH2+]CC1. The van der Waals surface area contributed by atoms with E-state index in [9.17, 15) is 4.79 Å². The van der Waals surface area contributed by atoms with Gasteiger partial charge in [0.15, 0.2) is 0 Å². The largest absolute Gasteiger partial charge is 0.459 e. The average Bonchev–Trinajstić information content (AvgIpc) is 2.48. The molecule has 0 aliphatic carbocycles. The Kier molecular flexibility index (Phi) is 5.37. The number of esters is 1. The zero-order valence-corrected chi connectivity index (χ0v) is 13.0. The van der Waals surface area contributed by atoms with Crippen LogP contribution in [0.1, 0.15) is 37.8 Å². The lowest BCUT2D eigenvalue weighted by Crippen LogP contribution is -2.86. The van der Waals surface area contributed by atoms with Gasteiger partial charge in [0.05, 0.1) is 26.1 Å². The molecule has 1 aromatic rings. The lowest BCUT2D eigenvalue weighted by molar-refractivity contribution is -0.665. The molecule has 116 valence electrons. The summed E-state index contributed by atoms with van der Waals surface area (Å²) in [7, 11) is 0. The van der Waals surface area contributed by atoms with E-state index in [1.807, 2.05) is 38.1 Å². The molecule has 0 amide bonds. The van der Waals surface area contributed by atoms with Gasteiger partial charge in [-0.15, -0.1) is 0 Å². The molecule has 4 heteroatoms. The molecule has 2 rings (SSSR count). The second-order valence-corrected chi connectivity index (χ2v) is 6.37. The summed E-state index contributed by atoms with van der Waals surface area (Å²) in [5, 5.41) is 11.3. The van der Waals surface area contributed by atoms with Gasteiger partial charge in [-0.25, -0.2) is 0 Å². The topological polar surface area (TPSA) is 63.1 Å². The molecule has 0 atom stereocenters. The van der Waals surface area contributed by atoms with Crippen molar-refractivity contribution in [1.82, 2.24) is 0 Å². The van der Waals surface area contributed by atoms with Gasteiger partial charge in [0, 0.05) is 18.8 Å². The highest BCUT2D eigenvalue weighted by Crippen LogP contribution is 2.28. The standard InChI is InChI=1S/C17H25NO3/c1-17(2,15-7-9-18-10-8-15)21-16(20)11-13-3-5-14(12-19)6-4-13/h3-6,15,18-19H,7-12H2,1-2H3/p+1. The molecule has 4 nitrogen and oxygen atoms in total. The number of ether oxygens (including phenoxy) is 1. The zero-order chi connectivity index (χ0) is 15.3. The van der Waals surface area contributed by atoms with Crippen LogP contribution in [0.5, 0.6) is 0 Å². The number of carbonyl (C=O) groups excluding carboxylic acids is 1. The minimum atomic E-state index is -0.392. The van der Waals surface area contributed by atoms with Gasteiger partial charge < -0.3 is 15.2 Å². The number of rotatable bonds is 5. The van der Waals surface area contributed by atoms with Gasteiger partial charge in [0.1, 0.15) is 5.60 Å². The fourth-order valence-electron chi connectivity index (χ4n) is 2.96. The van der Waals surface area contributed by atoms with E-state index >= 15 is 0 Å². The molecule has 1 aliphatic rings. The van der Waals surface area contributed by atoms with Crippen molar-refractivity contribution in [3.05, 3.63) is 35.4 Å². The number of aliphatic hydroxyl groups excluding tert-OH is 1. The van der Waals surface area contributed by atoms with Crippen LogP contribution >= 0.6 is 0 Å². The summed E-state index contributed by atoms with van der Waals surface area (Å²) in [6.45, 7) is 6.31. The average molecular weight is 292 g/mol. The summed E-state index contributed by atoms with van der Waals surface area (Å²) < 4.78 is 5.74. The van der Waals surface area contributed by atoms with Crippen LogP contribution in [0.15, 0.2) is 24.3 Å². The Morgan fingerprint density at radius 2 is 1.81 bits per heavy atom. The molecule has 0 spiro atoms. The molecule has 0 aromatic heterocycles. The summed E-state index contributed by atoms with van der Waals surface area (Å²) in [4.78, 5) is 12.1. The highest BCUT2D eigenvalue weighted by molar-refractivity contribution is 5.73. The van der Waals surface area contributed by atoms with E-state index in [2.05, 4.69) is 5.32 Å². The molecule has 3 N–H and O–H groups in total. The Labute approximate surface area is 126 Å². The second-order valence-electron chi connectivity index (χ2n) is 6.37. The van der Waals surface area contributed by atoms with Gasteiger partial charge in [-0.2, -0.15) is 0 Å². The fourth-order valence-corrected chi connectivity index (χ4v) is 2.96. The highest BCUT2D eigenvalue weighted by atomic mass is 16.6. The van der Waals surface area contributed by atoms with Gasteiger partial charge in [-0.1, -0.05) is 24.3 Å². The van der Waals surface area contributed by atoms with Crippen molar-refractivity contribution in [2.24, 2.45) is 5.92 Å². The molecule has 21 heavy (non-hydrogen) atoms. The van der Waals surface area contributed by atoms with Gasteiger partial charge >= 0.3 is 5.97 Å². The maximum Gasteiger partial charge on any atom is 0.310 e. The van der Waals surface area contributed by atoms with Crippen LogP contribution in [-0.4, -0.2) is 29.8 Å². The molecule has 1 saturated heterocycles. The first-order chi connectivity index (χ1) is 10.0. The van der Waals surface area contributed by atoms with E-state index in [4.69, 9.17) is 9.84 Å². The third-order valence-electron chi connectivity index (χ3n) is 4.35. The lowest BCUT2D eigenvalue weighted by atomic mass is 9.83. The van der Waals surface area contributed by atoms with E-state index in [0.29, 0.717) is 5.92 Å². The van der Waals surface area contributed by atoms with Crippen LogP contribution in [0.25, 0.3) is 0 Å². The Morgan fingerprint density at radius 3 is 2.38 bits per heavy atom. The second kappa shape index (κ2) is 7.05. The third kappa shape index (κ3) is 4.55. The van der Waals surface area contributed by atoms with Crippen LogP contribution < -0.4 is 5.32 Å². The zero-order valence-electron chi connectivity index (χ0n) is 13.0. The Hall–Kier alpha value is -1.39. The number of benzene rings is 1. The predicted octanol–water partition coefficient (Wildman–Crippen LogP) is 1.02. The van der Waals surface area contributed by atoms with Crippen molar-refractivity contribution in [3.8, 4) is 0 Å². The van der Waals surface area contributed by atoms with Crippen molar-refractivity contribution < 1.29 is 20.0 Å². The maximum absolute atomic E-state index is 12.1. The number of hydrogen-bond donors (Lipinski definition) is 2. The third-order valence-corrected chi connectivity index (χ3v) is 4.35. The van der Waals surface area contributed by atoms with E-state index in [1.165, 1.54) is 0 Å². The first-order valence-electron chi connectivity index (χ1n) is 7.73. The molecular formula is C17H26NO3+. The molecule has 1 aliphatic heterocycles. The van der Waals surface area contributed by atoms with Crippen molar-refractivity contribution in [2.75, 3.05) is 13.1 Å². The van der Waals surface area contributed by atoms with Crippen molar-refractivity contribution >= 4 is 5.97 Å². The van der Waals surface area contributed by atoms with Crippen LogP contribution in [0.3, 0.4) is 0 Å². The van der Waals surface area contributed by atoms with E-state index < -0.39 is 5.60 Å². The molecule has 1 heterocycles. The number of nitrogens with two attached hydrogens (primary N) is 1. The van der Waals surface area contributed by atoms with Crippen LogP contribution in [0.4, 0.5) is 0 Å². The smallest absolute Gasteiger partial charge is 0.310 e. The van der Waals surface area contributed by atoms with Gasteiger partial charge in [-0.05, 0) is 25.0 Å². The van der Waals surface area contributed by atoms with Crippen LogP contribution in [-0.2, 0) is 22.6 Å². The lowest BCUT2D eigenvalue weighted by Gasteiger charge is -2.35. The number of hydrogen-bond acceptors (Lipinski definition) is 3. The molecular weight excluding hydrogens is 266 g/mol. The number of quaternary nitrogens is 1. The number of piperidine rings is 1. The first kappa shape index (κ1) is 16.0. The molecule has 1 aromatic carbocycles. The molecule has 0 bridgehead atoms. The van der Waals surface area contributed by atoms with E-state index in [1.54, 1.807) is 0 Å². The quantitative estimate of drug-likeness (QED) is 0.796. The summed E-state index contributed by atoms with van der Waals surface area (Å²) in [5.74, 6) is 0.273. The van der Waals surface area contributed by atoms with Crippen molar-refractivity contribution in [3.63, 3.8) is 0 Å². The minimum absolute atomic E-state index is 0.0243. The Bertz CT molecular complexity index is 461. The molecule has 0 unspecified atom stereocenters.